The summed E-state index contributed by atoms with van der Waals surface area (Å²) in [5, 5.41) is 8.89. The van der Waals surface area contributed by atoms with E-state index in [2.05, 4.69) is 54.8 Å². The molecule has 3 atom stereocenters. The van der Waals surface area contributed by atoms with Crippen LogP contribution in [0.2, 0.25) is 0 Å². The van der Waals surface area contributed by atoms with Gasteiger partial charge < -0.3 is 25.2 Å². The van der Waals surface area contributed by atoms with Crippen LogP contribution in [0, 0.1) is 0 Å². The van der Waals surface area contributed by atoms with Gasteiger partial charge in [-0.15, -0.1) is 0 Å². The van der Waals surface area contributed by atoms with Crippen molar-refractivity contribution >= 4 is 25.7 Å². The molecular weight excluding hydrogens is 733 g/mol. The standard InChI is InChI=1S/C44H80NO10P/c1-3-5-7-9-11-13-15-17-19-20-22-24-26-28-30-32-34-36-43(47)55-40(38-53-56(50,51)54-39-41(45)44(48)49)37-52-42(46)35-33-31-29-27-25-23-21-18-16-14-12-10-8-6-4-2/h6,8,12,14,18,21,40-41H,3-5,7,9-11,13,15-17,19-20,22-39,45H2,1-2H3,(H,48,49)(H,50,51)/b8-6+,14-12+,21-18+/t40-,41+/m1/s1. The lowest BCUT2D eigenvalue weighted by Crippen LogP contribution is -2.34. The van der Waals surface area contributed by atoms with Crippen LogP contribution in [0.5, 0.6) is 0 Å². The third-order valence-corrected chi connectivity index (χ3v) is 10.4. The molecule has 12 heteroatoms. The number of esters is 2. The summed E-state index contributed by atoms with van der Waals surface area (Å²) in [6.07, 6.45) is 42.1. The maximum atomic E-state index is 12.6. The molecule has 0 aromatic heterocycles. The van der Waals surface area contributed by atoms with Gasteiger partial charge in [-0.05, 0) is 44.9 Å². The van der Waals surface area contributed by atoms with Gasteiger partial charge in [0, 0.05) is 12.8 Å². The zero-order valence-electron chi connectivity index (χ0n) is 35.2. The molecule has 0 aliphatic carbocycles. The molecule has 0 amide bonds. The van der Waals surface area contributed by atoms with Crippen LogP contribution in [0.3, 0.4) is 0 Å². The second-order valence-electron chi connectivity index (χ2n) is 14.8. The fraction of sp³-hybridized carbons (Fsp3) is 0.795. The van der Waals surface area contributed by atoms with Crippen molar-refractivity contribution in [1.82, 2.24) is 0 Å². The summed E-state index contributed by atoms with van der Waals surface area (Å²) in [4.78, 5) is 46.0. The van der Waals surface area contributed by atoms with Gasteiger partial charge in [0.25, 0.3) is 0 Å². The number of unbranched alkanes of at least 4 members (excludes halogenated alkanes) is 21. The van der Waals surface area contributed by atoms with E-state index in [1.54, 1.807) is 0 Å². The van der Waals surface area contributed by atoms with Gasteiger partial charge in [-0.2, -0.15) is 0 Å². The van der Waals surface area contributed by atoms with Gasteiger partial charge >= 0.3 is 25.7 Å². The topological polar surface area (TPSA) is 172 Å². The van der Waals surface area contributed by atoms with Crippen molar-refractivity contribution in [2.75, 3.05) is 19.8 Å². The molecule has 0 saturated carbocycles. The Morgan fingerprint density at radius 2 is 1.00 bits per heavy atom. The molecule has 0 rings (SSSR count). The van der Waals surface area contributed by atoms with Gasteiger partial charge in [-0.1, -0.05) is 172 Å². The van der Waals surface area contributed by atoms with Crippen molar-refractivity contribution in [3.05, 3.63) is 36.5 Å². The molecule has 0 bridgehead atoms. The number of carbonyl (C=O) groups is 3. The van der Waals surface area contributed by atoms with Gasteiger partial charge in [0.05, 0.1) is 13.2 Å². The second-order valence-corrected chi connectivity index (χ2v) is 16.3. The van der Waals surface area contributed by atoms with E-state index < -0.39 is 51.1 Å². The number of phosphoric ester groups is 1. The van der Waals surface area contributed by atoms with Crippen LogP contribution < -0.4 is 5.73 Å². The minimum Gasteiger partial charge on any atom is -0.480 e. The SMILES string of the molecule is CC/C=C/C/C=C/C/C=C/CCCCCCCC(=O)OC[C@H](COP(=O)(O)OC[C@H](N)C(=O)O)OC(=O)CCCCCCCCCCCCCCCCCCC. The Labute approximate surface area is 340 Å². The van der Waals surface area contributed by atoms with E-state index in [0.717, 1.165) is 70.6 Å². The van der Waals surface area contributed by atoms with Gasteiger partial charge in [0.15, 0.2) is 6.10 Å². The Morgan fingerprint density at radius 3 is 1.50 bits per heavy atom. The lowest BCUT2D eigenvalue weighted by atomic mass is 10.0. The van der Waals surface area contributed by atoms with Crippen molar-refractivity contribution in [3.63, 3.8) is 0 Å². The first-order chi connectivity index (χ1) is 27.1. The number of carboxylic acids is 1. The average Bonchev–Trinajstić information content (AvgIpc) is 3.17. The molecule has 0 aliphatic heterocycles. The fourth-order valence-corrected chi connectivity index (χ4v) is 6.74. The Hall–Kier alpha value is -2.30. The Balaban J connectivity index is 4.35. The minimum absolute atomic E-state index is 0.160. The van der Waals surface area contributed by atoms with Crippen LogP contribution in [-0.4, -0.2) is 59.9 Å². The molecule has 1 unspecified atom stereocenters. The number of carbonyl (C=O) groups excluding carboxylic acids is 2. The zero-order valence-corrected chi connectivity index (χ0v) is 36.1. The fourth-order valence-electron chi connectivity index (χ4n) is 5.96. The number of carboxylic acid groups (broad SMARTS) is 1. The quantitative estimate of drug-likeness (QED) is 0.0232. The van der Waals surface area contributed by atoms with Crippen molar-refractivity contribution in [3.8, 4) is 0 Å². The molecule has 0 aromatic carbocycles. The van der Waals surface area contributed by atoms with Crippen LogP contribution in [0.15, 0.2) is 36.5 Å². The van der Waals surface area contributed by atoms with E-state index in [0.29, 0.717) is 12.8 Å². The average molecular weight is 814 g/mol. The predicted molar refractivity (Wildman–Crippen MR) is 226 cm³/mol. The number of hydrogen-bond donors (Lipinski definition) is 3. The maximum Gasteiger partial charge on any atom is 0.472 e. The molecule has 0 fully saturated rings. The van der Waals surface area contributed by atoms with Crippen molar-refractivity contribution in [2.45, 2.75) is 206 Å². The second kappa shape index (κ2) is 39.5. The van der Waals surface area contributed by atoms with Crippen LogP contribution in [0.1, 0.15) is 194 Å². The molecule has 326 valence electrons. The zero-order chi connectivity index (χ0) is 41.4. The number of hydrogen-bond acceptors (Lipinski definition) is 9. The van der Waals surface area contributed by atoms with E-state index in [1.165, 1.54) is 83.5 Å². The first-order valence-corrected chi connectivity index (χ1v) is 23.5. The van der Waals surface area contributed by atoms with Gasteiger partial charge in [-0.25, -0.2) is 4.57 Å². The molecule has 0 spiro atoms. The molecular formula is C44H80NO10P. The molecule has 0 aliphatic rings. The first kappa shape index (κ1) is 53.7. The van der Waals surface area contributed by atoms with E-state index in [9.17, 15) is 23.8 Å². The largest absolute Gasteiger partial charge is 0.480 e. The predicted octanol–water partition coefficient (Wildman–Crippen LogP) is 11.6. The van der Waals surface area contributed by atoms with Crippen LogP contribution in [0.4, 0.5) is 0 Å². The van der Waals surface area contributed by atoms with E-state index in [-0.39, 0.29) is 19.4 Å². The van der Waals surface area contributed by atoms with Gasteiger partial charge in [-0.3, -0.25) is 23.4 Å². The molecule has 56 heavy (non-hydrogen) atoms. The van der Waals surface area contributed by atoms with Crippen molar-refractivity contribution < 1.29 is 47.5 Å². The summed E-state index contributed by atoms with van der Waals surface area (Å²) in [6, 6.07) is -1.52. The highest BCUT2D eigenvalue weighted by Gasteiger charge is 2.28. The normalized spacial score (nSPS) is 14.1. The summed E-state index contributed by atoms with van der Waals surface area (Å²) in [5.74, 6) is -2.39. The van der Waals surface area contributed by atoms with E-state index in [4.69, 9.17) is 24.8 Å². The number of allylic oxidation sites excluding steroid dienone is 6. The molecule has 0 saturated heterocycles. The van der Waals surface area contributed by atoms with Crippen molar-refractivity contribution in [2.24, 2.45) is 5.73 Å². The van der Waals surface area contributed by atoms with Crippen molar-refractivity contribution in [1.29, 1.82) is 0 Å². The lowest BCUT2D eigenvalue weighted by molar-refractivity contribution is -0.161. The van der Waals surface area contributed by atoms with E-state index >= 15 is 0 Å². The molecule has 0 heterocycles. The highest BCUT2D eigenvalue weighted by Crippen LogP contribution is 2.43. The smallest absolute Gasteiger partial charge is 0.472 e. The third-order valence-electron chi connectivity index (χ3n) is 9.40. The van der Waals surface area contributed by atoms with E-state index in [1.807, 2.05) is 0 Å². The highest BCUT2D eigenvalue weighted by molar-refractivity contribution is 7.47. The Bertz CT molecular complexity index is 1100. The maximum absolute atomic E-state index is 12.6. The van der Waals surface area contributed by atoms with Crippen LogP contribution >= 0.6 is 7.82 Å². The summed E-state index contributed by atoms with van der Waals surface area (Å²) in [6.45, 7) is 2.69. The van der Waals surface area contributed by atoms with Crippen LogP contribution in [0.25, 0.3) is 0 Å². The summed E-state index contributed by atoms with van der Waals surface area (Å²) in [5.41, 5.74) is 5.33. The third kappa shape index (κ3) is 38.6. The van der Waals surface area contributed by atoms with Gasteiger partial charge in [0.2, 0.25) is 0 Å². The highest BCUT2D eigenvalue weighted by atomic mass is 31.2. The number of rotatable bonds is 41. The first-order valence-electron chi connectivity index (χ1n) is 22.0. The molecule has 0 radical (unpaired) electrons. The Kier molecular flexibility index (Phi) is 37.9. The minimum atomic E-state index is -4.72. The number of aliphatic carboxylic acids is 1. The van der Waals surface area contributed by atoms with Gasteiger partial charge in [0.1, 0.15) is 12.6 Å². The Morgan fingerprint density at radius 1 is 0.571 bits per heavy atom. The number of nitrogens with two attached hydrogens (primary N) is 1. The molecule has 4 N–H and O–H groups in total. The number of phosphoric acid groups is 1. The summed E-state index contributed by atoms with van der Waals surface area (Å²) < 4.78 is 32.7. The summed E-state index contributed by atoms with van der Waals surface area (Å²) >= 11 is 0. The molecule has 0 aromatic rings. The summed E-state index contributed by atoms with van der Waals surface area (Å²) in [7, 11) is -4.72. The number of ether oxygens (including phenoxy) is 2. The lowest BCUT2D eigenvalue weighted by Gasteiger charge is -2.20. The van der Waals surface area contributed by atoms with Crippen LogP contribution in [-0.2, 0) is 37.5 Å². The monoisotopic (exact) mass is 814 g/mol. The molecule has 11 nitrogen and oxygen atoms in total.